The summed E-state index contributed by atoms with van der Waals surface area (Å²) in [5.74, 6) is 0.293. The van der Waals surface area contributed by atoms with E-state index in [4.69, 9.17) is 0 Å². The number of ketones is 1. The molecule has 136 valence electrons. The molecule has 0 saturated heterocycles. The fraction of sp³-hybridized carbons (Fsp3) is 0.333. The van der Waals surface area contributed by atoms with Crippen molar-refractivity contribution < 1.29 is 9.59 Å². The van der Waals surface area contributed by atoms with Crippen LogP contribution in [0.1, 0.15) is 52.9 Å². The Morgan fingerprint density at radius 2 is 1.92 bits per heavy atom. The maximum atomic E-state index is 12.7. The maximum Gasteiger partial charge on any atom is 0.272 e. The molecule has 5 heteroatoms. The van der Waals surface area contributed by atoms with Crippen LogP contribution in [0.4, 0.5) is 5.69 Å². The number of hydrogen-bond donors (Lipinski definition) is 2. The minimum absolute atomic E-state index is 0.0387. The average Bonchev–Trinajstić information content (AvgIpc) is 3.07. The average molecular weight is 351 g/mol. The van der Waals surface area contributed by atoms with Crippen molar-refractivity contribution in [2.24, 2.45) is 5.92 Å². The maximum absolute atomic E-state index is 12.7. The van der Waals surface area contributed by atoms with Gasteiger partial charge in [-0.05, 0) is 56.5 Å². The number of fused-ring (bicyclic) bond motifs is 1. The smallest absolute Gasteiger partial charge is 0.272 e. The quantitative estimate of drug-likeness (QED) is 0.655. The topological polar surface area (TPSA) is 66.9 Å². The molecule has 5 nitrogen and oxygen atoms in total. The van der Waals surface area contributed by atoms with Gasteiger partial charge in [0.25, 0.3) is 5.91 Å². The number of anilines is 1. The van der Waals surface area contributed by atoms with E-state index in [1.165, 1.54) is 6.92 Å². The standard InChI is InChI=1S/C21H25N3O2/c1-12(2)11-24-9-8-16-10-17(6-7-18(16)24)23-21(26)20-13(3)19(15(5)25)14(4)22-20/h6-10,12,22H,11H2,1-5H3,(H,23,26). The van der Waals surface area contributed by atoms with E-state index in [1.54, 1.807) is 6.92 Å². The SMILES string of the molecule is CC(=O)c1c(C)[nH]c(C(=O)Nc2ccc3c(ccn3CC(C)C)c2)c1C. The molecular formula is C21H25N3O2. The van der Waals surface area contributed by atoms with E-state index in [0.29, 0.717) is 22.7 Å². The third kappa shape index (κ3) is 3.29. The third-order valence-electron chi connectivity index (χ3n) is 4.61. The number of nitrogens with zero attached hydrogens (tertiary/aromatic N) is 1. The number of hydrogen-bond acceptors (Lipinski definition) is 2. The van der Waals surface area contributed by atoms with Crippen molar-refractivity contribution in [3.05, 3.63) is 53.0 Å². The summed E-state index contributed by atoms with van der Waals surface area (Å²) >= 11 is 0. The molecule has 2 heterocycles. The highest BCUT2D eigenvalue weighted by atomic mass is 16.2. The van der Waals surface area contributed by atoms with Crippen molar-refractivity contribution >= 4 is 28.3 Å². The van der Waals surface area contributed by atoms with Crippen molar-refractivity contribution in [2.45, 2.75) is 41.2 Å². The lowest BCUT2D eigenvalue weighted by Crippen LogP contribution is -2.14. The lowest BCUT2D eigenvalue weighted by molar-refractivity contribution is 0.101. The number of amides is 1. The summed E-state index contributed by atoms with van der Waals surface area (Å²) in [6, 6.07) is 7.97. The summed E-state index contributed by atoms with van der Waals surface area (Å²) in [5.41, 5.74) is 4.34. The van der Waals surface area contributed by atoms with Gasteiger partial charge in [0.15, 0.2) is 5.78 Å². The molecule has 2 N–H and O–H groups in total. The van der Waals surface area contributed by atoms with Crippen LogP contribution in [0.25, 0.3) is 10.9 Å². The molecule has 0 fully saturated rings. The Hall–Kier alpha value is -2.82. The number of aromatic nitrogens is 2. The second-order valence-electron chi connectivity index (χ2n) is 7.27. The zero-order valence-corrected chi connectivity index (χ0v) is 15.9. The number of benzene rings is 1. The fourth-order valence-electron chi connectivity index (χ4n) is 3.53. The Balaban J connectivity index is 1.86. The summed E-state index contributed by atoms with van der Waals surface area (Å²) in [4.78, 5) is 27.4. The van der Waals surface area contributed by atoms with E-state index in [9.17, 15) is 9.59 Å². The predicted octanol–water partition coefficient (Wildman–Crippen LogP) is 4.70. The van der Waals surface area contributed by atoms with Gasteiger partial charge in [0.2, 0.25) is 0 Å². The number of carbonyl (C=O) groups excluding carboxylic acids is 2. The molecule has 0 radical (unpaired) electrons. The van der Waals surface area contributed by atoms with Crippen LogP contribution in [0.3, 0.4) is 0 Å². The second kappa shape index (κ2) is 6.83. The van der Waals surface area contributed by atoms with Gasteiger partial charge < -0.3 is 14.9 Å². The first-order chi connectivity index (χ1) is 12.3. The molecule has 3 rings (SSSR count). The van der Waals surface area contributed by atoms with Gasteiger partial charge in [0.05, 0.1) is 0 Å². The number of nitrogens with one attached hydrogen (secondary N) is 2. The summed E-state index contributed by atoms with van der Waals surface area (Å²) < 4.78 is 2.23. The van der Waals surface area contributed by atoms with E-state index in [0.717, 1.165) is 28.8 Å². The van der Waals surface area contributed by atoms with Crippen molar-refractivity contribution in [1.29, 1.82) is 0 Å². The molecule has 0 spiro atoms. The highest BCUT2D eigenvalue weighted by Gasteiger charge is 2.20. The predicted molar refractivity (Wildman–Crippen MR) is 105 cm³/mol. The van der Waals surface area contributed by atoms with E-state index in [1.807, 2.05) is 25.1 Å². The van der Waals surface area contributed by atoms with Crippen LogP contribution < -0.4 is 5.32 Å². The molecule has 26 heavy (non-hydrogen) atoms. The minimum atomic E-state index is -0.237. The monoisotopic (exact) mass is 351 g/mol. The van der Waals surface area contributed by atoms with E-state index >= 15 is 0 Å². The van der Waals surface area contributed by atoms with E-state index < -0.39 is 0 Å². The second-order valence-corrected chi connectivity index (χ2v) is 7.27. The molecule has 0 unspecified atom stereocenters. The normalized spacial score (nSPS) is 11.3. The molecule has 2 aromatic heterocycles. The number of aryl methyl sites for hydroxylation is 1. The molecular weight excluding hydrogens is 326 g/mol. The molecule has 0 saturated carbocycles. The van der Waals surface area contributed by atoms with Crippen molar-refractivity contribution in [2.75, 3.05) is 5.32 Å². The van der Waals surface area contributed by atoms with Crippen LogP contribution in [0.5, 0.6) is 0 Å². The number of aromatic amines is 1. The lowest BCUT2D eigenvalue weighted by atomic mass is 10.1. The highest BCUT2D eigenvalue weighted by molar-refractivity contribution is 6.08. The van der Waals surface area contributed by atoms with Crippen LogP contribution in [-0.2, 0) is 6.54 Å². The minimum Gasteiger partial charge on any atom is -0.354 e. The van der Waals surface area contributed by atoms with Gasteiger partial charge in [-0.2, -0.15) is 0 Å². The molecule has 0 atom stereocenters. The number of rotatable bonds is 5. The Morgan fingerprint density at radius 3 is 2.54 bits per heavy atom. The van der Waals surface area contributed by atoms with Gasteiger partial charge in [-0.3, -0.25) is 9.59 Å². The molecule has 3 aromatic rings. The van der Waals surface area contributed by atoms with E-state index in [-0.39, 0.29) is 11.7 Å². The summed E-state index contributed by atoms with van der Waals surface area (Å²) in [6.45, 7) is 10.5. The zero-order valence-electron chi connectivity index (χ0n) is 15.9. The first kappa shape index (κ1) is 18.0. The molecule has 0 aliphatic heterocycles. The van der Waals surface area contributed by atoms with Crippen LogP contribution in [0.2, 0.25) is 0 Å². The first-order valence-corrected chi connectivity index (χ1v) is 8.88. The van der Waals surface area contributed by atoms with Gasteiger partial charge in [-0.1, -0.05) is 13.8 Å². The molecule has 0 bridgehead atoms. The largest absolute Gasteiger partial charge is 0.354 e. The van der Waals surface area contributed by atoms with Crippen LogP contribution in [0, 0.1) is 19.8 Å². The Bertz CT molecular complexity index is 992. The summed E-state index contributed by atoms with van der Waals surface area (Å²) in [7, 11) is 0. The number of carbonyl (C=O) groups is 2. The molecule has 1 aromatic carbocycles. The van der Waals surface area contributed by atoms with Gasteiger partial charge in [0, 0.05) is 40.6 Å². The summed E-state index contributed by atoms with van der Waals surface area (Å²) in [5, 5.41) is 4.02. The van der Waals surface area contributed by atoms with Crippen molar-refractivity contribution in [1.82, 2.24) is 9.55 Å². The van der Waals surface area contributed by atoms with Crippen molar-refractivity contribution in [3.63, 3.8) is 0 Å². The Morgan fingerprint density at radius 1 is 1.19 bits per heavy atom. The highest BCUT2D eigenvalue weighted by Crippen LogP contribution is 2.23. The fourth-order valence-corrected chi connectivity index (χ4v) is 3.53. The lowest BCUT2D eigenvalue weighted by Gasteiger charge is -2.09. The van der Waals surface area contributed by atoms with Gasteiger partial charge in [-0.15, -0.1) is 0 Å². The van der Waals surface area contributed by atoms with Crippen LogP contribution in [0.15, 0.2) is 30.5 Å². The van der Waals surface area contributed by atoms with E-state index in [2.05, 4.69) is 41.0 Å². The van der Waals surface area contributed by atoms with Crippen LogP contribution >= 0.6 is 0 Å². The molecule has 0 aliphatic rings. The Labute approximate surface area is 153 Å². The molecule has 1 amide bonds. The third-order valence-corrected chi connectivity index (χ3v) is 4.61. The van der Waals surface area contributed by atoms with Crippen LogP contribution in [-0.4, -0.2) is 21.2 Å². The zero-order chi connectivity index (χ0) is 19.0. The van der Waals surface area contributed by atoms with Gasteiger partial charge in [0.1, 0.15) is 5.69 Å². The van der Waals surface area contributed by atoms with Gasteiger partial charge in [-0.25, -0.2) is 0 Å². The number of Topliss-reactive ketones (excluding diaryl/α,β-unsaturated/α-hetero) is 1. The number of H-pyrrole nitrogens is 1. The van der Waals surface area contributed by atoms with Crippen molar-refractivity contribution in [3.8, 4) is 0 Å². The first-order valence-electron chi connectivity index (χ1n) is 8.88. The molecule has 0 aliphatic carbocycles. The summed E-state index contributed by atoms with van der Waals surface area (Å²) in [6.07, 6.45) is 2.08. The van der Waals surface area contributed by atoms with Gasteiger partial charge >= 0.3 is 0 Å². The Kier molecular flexibility index (Phi) is 4.72.